The van der Waals surface area contributed by atoms with Crippen LogP contribution in [0.2, 0.25) is 0 Å². The van der Waals surface area contributed by atoms with E-state index in [0.29, 0.717) is 12.0 Å². The van der Waals surface area contributed by atoms with Gasteiger partial charge in [0, 0.05) is 32.7 Å². The number of hydrogen-bond donors (Lipinski definition) is 2. The first kappa shape index (κ1) is 16.0. The average molecular weight is 289 g/mol. The summed E-state index contributed by atoms with van der Waals surface area (Å²) in [4.78, 5) is 14.1. The number of likely N-dealkylation sites (tertiary alicyclic amines) is 1. The quantitative estimate of drug-likeness (QED) is 0.866. The Morgan fingerprint density at radius 3 is 2.71 bits per heavy atom. The molecule has 1 amide bonds. The second kappa shape index (κ2) is 7.57. The van der Waals surface area contributed by atoms with Crippen LogP contribution in [0.1, 0.15) is 25.8 Å². The van der Waals surface area contributed by atoms with E-state index >= 15 is 0 Å². The number of nitrogens with zero attached hydrogens (tertiary/aromatic N) is 1. The zero-order chi connectivity index (χ0) is 15.2. The number of hydrogen-bond acceptors (Lipinski definition) is 3. The van der Waals surface area contributed by atoms with Gasteiger partial charge >= 0.3 is 0 Å². The summed E-state index contributed by atoms with van der Waals surface area (Å²) in [7, 11) is 1.69. The second-order valence-corrected chi connectivity index (χ2v) is 6.22. The summed E-state index contributed by atoms with van der Waals surface area (Å²) in [5.41, 5.74) is 1.35. The lowest BCUT2D eigenvalue weighted by Crippen LogP contribution is -2.53. The minimum absolute atomic E-state index is 0.0582. The van der Waals surface area contributed by atoms with E-state index in [4.69, 9.17) is 0 Å². The van der Waals surface area contributed by atoms with Crippen molar-refractivity contribution >= 4 is 5.91 Å². The van der Waals surface area contributed by atoms with Gasteiger partial charge in [-0.2, -0.15) is 0 Å². The van der Waals surface area contributed by atoms with Crippen LogP contribution in [-0.2, 0) is 11.3 Å². The standard InChI is InChI=1S/C17H27N3O/c1-13-9-16(19-14(2)17(21)18-3)12-20(10-13)11-15-7-5-4-6-8-15/h4-8,13-14,16,19H,9-12H2,1-3H3,(H,18,21)/t13-,14+,16-/m0/s1. The van der Waals surface area contributed by atoms with Gasteiger partial charge in [-0.1, -0.05) is 37.3 Å². The van der Waals surface area contributed by atoms with Gasteiger partial charge in [0.25, 0.3) is 0 Å². The van der Waals surface area contributed by atoms with Gasteiger partial charge in [0.1, 0.15) is 0 Å². The topological polar surface area (TPSA) is 44.4 Å². The molecule has 1 fully saturated rings. The Bertz CT molecular complexity index is 449. The number of rotatable bonds is 5. The van der Waals surface area contributed by atoms with Gasteiger partial charge in [-0.25, -0.2) is 0 Å². The van der Waals surface area contributed by atoms with Crippen LogP contribution in [0.25, 0.3) is 0 Å². The van der Waals surface area contributed by atoms with Crippen molar-refractivity contribution in [3.8, 4) is 0 Å². The van der Waals surface area contributed by atoms with E-state index < -0.39 is 0 Å². The van der Waals surface area contributed by atoms with Crippen molar-refractivity contribution in [2.75, 3.05) is 20.1 Å². The predicted octanol–water partition coefficient (Wildman–Crippen LogP) is 1.62. The molecule has 0 saturated carbocycles. The lowest BCUT2D eigenvalue weighted by atomic mass is 9.95. The van der Waals surface area contributed by atoms with Crippen LogP contribution in [0.4, 0.5) is 0 Å². The first-order chi connectivity index (χ1) is 10.1. The van der Waals surface area contributed by atoms with E-state index in [-0.39, 0.29) is 11.9 Å². The summed E-state index contributed by atoms with van der Waals surface area (Å²) in [5.74, 6) is 0.708. The van der Waals surface area contributed by atoms with Crippen molar-refractivity contribution in [2.24, 2.45) is 5.92 Å². The summed E-state index contributed by atoms with van der Waals surface area (Å²) in [6.45, 7) is 7.33. The molecule has 1 saturated heterocycles. The minimum atomic E-state index is -0.135. The van der Waals surface area contributed by atoms with Crippen molar-refractivity contribution in [3.05, 3.63) is 35.9 Å². The zero-order valence-electron chi connectivity index (χ0n) is 13.3. The van der Waals surface area contributed by atoms with Crippen LogP contribution in [0.3, 0.4) is 0 Å². The third-order valence-corrected chi connectivity index (χ3v) is 4.11. The monoisotopic (exact) mass is 289 g/mol. The summed E-state index contributed by atoms with van der Waals surface area (Å²) < 4.78 is 0. The third kappa shape index (κ3) is 4.83. The molecule has 1 heterocycles. The zero-order valence-corrected chi connectivity index (χ0v) is 13.3. The second-order valence-electron chi connectivity index (χ2n) is 6.22. The fourth-order valence-corrected chi connectivity index (χ4v) is 3.20. The Balaban J connectivity index is 1.91. The molecule has 116 valence electrons. The molecular formula is C17H27N3O. The van der Waals surface area contributed by atoms with Gasteiger partial charge in [0.2, 0.25) is 5.91 Å². The van der Waals surface area contributed by atoms with Gasteiger partial charge in [-0.05, 0) is 24.8 Å². The number of piperidine rings is 1. The molecule has 0 aromatic heterocycles. The van der Waals surface area contributed by atoms with E-state index in [9.17, 15) is 4.79 Å². The highest BCUT2D eigenvalue weighted by Crippen LogP contribution is 2.19. The van der Waals surface area contributed by atoms with Gasteiger partial charge in [0.05, 0.1) is 6.04 Å². The Hall–Kier alpha value is -1.39. The lowest BCUT2D eigenvalue weighted by molar-refractivity contribution is -0.122. The van der Waals surface area contributed by atoms with E-state index in [2.05, 4.69) is 52.8 Å². The van der Waals surface area contributed by atoms with Crippen LogP contribution in [0, 0.1) is 5.92 Å². The van der Waals surface area contributed by atoms with Gasteiger partial charge < -0.3 is 10.6 Å². The lowest BCUT2D eigenvalue weighted by Gasteiger charge is -2.38. The highest BCUT2D eigenvalue weighted by atomic mass is 16.2. The molecule has 1 aromatic rings. The largest absolute Gasteiger partial charge is 0.358 e. The summed E-state index contributed by atoms with van der Waals surface area (Å²) in [5, 5.41) is 6.16. The fraction of sp³-hybridized carbons (Fsp3) is 0.588. The molecule has 1 aliphatic rings. The van der Waals surface area contributed by atoms with E-state index in [1.165, 1.54) is 5.56 Å². The van der Waals surface area contributed by atoms with Crippen molar-refractivity contribution in [2.45, 2.75) is 38.9 Å². The molecule has 4 heteroatoms. The van der Waals surface area contributed by atoms with Crippen LogP contribution in [0.5, 0.6) is 0 Å². The van der Waals surface area contributed by atoms with Gasteiger partial charge in [0.15, 0.2) is 0 Å². The van der Waals surface area contributed by atoms with Crippen LogP contribution < -0.4 is 10.6 Å². The first-order valence-electron chi connectivity index (χ1n) is 7.82. The van der Waals surface area contributed by atoms with Crippen molar-refractivity contribution in [3.63, 3.8) is 0 Å². The average Bonchev–Trinajstić information content (AvgIpc) is 2.46. The molecular weight excluding hydrogens is 262 g/mol. The highest BCUT2D eigenvalue weighted by Gasteiger charge is 2.26. The smallest absolute Gasteiger partial charge is 0.236 e. The third-order valence-electron chi connectivity index (χ3n) is 4.11. The molecule has 0 aliphatic carbocycles. The van der Waals surface area contributed by atoms with Crippen molar-refractivity contribution in [1.29, 1.82) is 0 Å². The number of carbonyl (C=O) groups excluding carboxylic acids is 1. The molecule has 2 rings (SSSR count). The SMILES string of the molecule is CNC(=O)[C@@H](C)N[C@H]1C[C@H](C)CN(Cc2ccccc2)C1. The maximum absolute atomic E-state index is 11.7. The Morgan fingerprint density at radius 1 is 1.33 bits per heavy atom. The summed E-state index contributed by atoms with van der Waals surface area (Å²) in [6, 6.07) is 10.8. The minimum Gasteiger partial charge on any atom is -0.358 e. The molecule has 1 aliphatic heterocycles. The Morgan fingerprint density at radius 2 is 2.05 bits per heavy atom. The molecule has 0 spiro atoms. The van der Waals surface area contributed by atoms with Crippen molar-refractivity contribution < 1.29 is 4.79 Å². The normalized spacial score (nSPS) is 24.5. The molecule has 0 unspecified atom stereocenters. The van der Waals surface area contributed by atoms with Crippen LogP contribution in [0.15, 0.2) is 30.3 Å². The molecule has 2 N–H and O–H groups in total. The van der Waals surface area contributed by atoms with Crippen LogP contribution in [-0.4, -0.2) is 43.0 Å². The number of carbonyl (C=O) groups is 1. The van der Waals surface area contributed by atoms with Gasteiger partial charge in [-0.15, -0.1) is 0 Å². The predicted molar refractivity (Wildman–Crippen MR) is 86.0 cm³/mol. The molecule has 4 nitrogen and oxygen atoms in total. The summed E-state index contributed by atoms with van der Waals surface area (Å²) in [6.07, 6.45) is 1.13. The molecule has 3 atom stereocenters. The number of benzene rings is 1. The fourth-order valence-electron chi connectivity index (χ4n) is 3.20. The molecule has 21 heavy (non-hydrogen) atoms. The number of nitrogens with one attached hydrogen (secondary N) is 2. The molecule has 0 radical (unpaired) electrons. The maximum Gasteiger partial charge on any atom is 0.236 e. The maximum atomic E-state index is 11.7. The van der Waals surface area contributed by atoms with E-state index in [0.717, 1.165) is 26.1 Å². The van der Waals surface area contributed by atoms with E-state index in [1.54, 1.807) is 7.05 Å². The highest BCUT2D eigenvalue weighted by molar-refractivity contribution is 5.80. The van der Waals surface area contributed by atoms with Crippen LogP contribution >= 0.6 is 0 Å². The first-order valence-corrected chi connectivity index (χ1v) is 7.82. The van der Waals surface area contributed by atoms with Crippen molar-refractivity contribution in [1.82, 2.24) is 15.5 Å². The van der Waals surface area contributed by atoms with E-state index in [1.807, 2.05) is 6.92 Å². The van der Waals surface area contributed by atoms with Gasteiger partial charge in [-0.3, -0.25) is 9.69 Å². The Kier molecular flexibility index (Phi) is 5.76. The molecule has 1 aromatic carbocycles. The Labute approximate surface area is 127 Å². The number of likely N-dealkylation sites (N-methyl/N-ethyl adjacent to an activating group) is 1. The summed E-state index contributed by atoms with van der Waals surface area (Å²) >= 11 is 0. The molecule has 0 bridgehead atoms. The number of amides is 1.